The molecule has 2 rings (SSSR count). The van der Waals surface area contributed by atoms with Gasteiger partial charge in [-0.1, -0.05) is 17.7 Å². The van der Waals surface area contributed by atoms with Gasteiger partial charge >= 0.3 is 6.18 Å². The fourth-order valence-corrected chi connectivity index (χ4v) is 2.07. The highest BCUT2D eigenvalue weighted by Gasteiger charge is 2.33. The number of carbonyl (C=O) groups excluding carboxylic acids is 1. The fourth-order valence-electron chi connectivity index (χ4n) is 1.91. The Morgan fingerprint density at radius 2 is 2.11 bits per heavy atom. The first-order chi connectivity index (χ1) is 8.90. The number of halogens is 4. The second-order valence-electron chi connectivity index (χ2n) is 4.38. The van der Waals surface area contributed by atoms with E-state index in [9.17, 15) is 18.0 Å². The van der Waals surface area contributed by atoms with Crippen molar-refractivity contribution in [1.29, 1.82) is 0 Å². The van der Waals surface area contributed by atoms with Gasteiger partial charge in [0.25, 0.3) is 0 Å². The summed E-state index contributed by atoms with van der Waals surface area (Å²) in [5.41, 5.74) is -0.937. The molecule has 3 nitrogen and oxygen atoms in total. The lowest BCUT2D eigenvalue weighted by molar-refractivity contribution is -0.137. The van der Waals surface area contributed by atoms with Crippen LogP contribution in [0.15, 0.2) is 24.3 Å². The lowest BCUT2D eigenvalue weighted by Crippen LogP contribution is -2.57. The van der Waals surface area contributed by atoms with Gasteiger partial charge in [-0.05, 0) is 18.2 Å². The smallest absolute Gasteiger partial charge is 0.380 e. The Kier molecular flexibility index (Phi) is 4.01. The first-order valence-corrected chi connectivity index (χ1v) is 6.11. The third-order valence-electron chi connectivity index (χ3n) is 2.93. The van der Waals surface area contributed by atoms with Crippen LogP contribution < -0.4 is 5.32 Å². The maximum absolute atomic E-state index is 12.5. The van der Waals surface area contributed by atoms with E-state index in [0.717, 1.165) is 12.1 Å². The van der Waals surface area contributed by atoms with Crippen LogP contribution in [-0.2, 0) is 11.0 Å². The minimum absolute atomic E-state index is 0.00434. The molecule has 0 bridgehead atoms. The summed E-state index contributed by atoms with van der Waals surface area (Å²) in [6, 6.07) is 5.04. The summed E-state index contributed by atoms with van der Waals surface area (Å²) in [5.74, 6) is 0. The van der Waals surface area contributed by atoms with Crippen LogP contribution >= 0.6 is 11.6 Å². The van der Waals surface area contributed by atoms with Crippen molar-refractivity contribution in [3.05, 3.63) is 29.8 Å². The third-order valence-corrected chi connectivity index (χ3v) is 3.31. The van der Waals surface area contributed by atoms with E-state index in [0.29, 0.717) is 25.1 Å². The molecule has 19 heavy (non-hydrogen) atoms. The molecule has 1 heterocycles. The number of alkyl halides is 4. The second kappa shape index (κ2) is 5.38. The van der Waals surface area contributed by atoms with Crippen molar-refractivity contribution in [3.8, 4) is 0 Å². The quantitative estimate of drug-likeness (QED) is 0.526. The van der Waals surface area contributed by atoms with Gasteiger partial charge in [0.05, 0.1) is 11.6 Å². The number of anilines is 1. The highest BCUT2D eigenvalue weighted by atomic mass is 35.5. The van der Waals surface area contributed by atoms with E-state index in [-0.39, 0.29) is 6.04 Å². The topological polar surface area (TPSA) is 32.3 Å². The zero-order valence-electron chi connectivity index (χ0n) is 9.82. The number of likely N-dealkylation sites (tertiary alicyclic amines) is 1. The molecule has 0 spiro atoms. The van der Waals surface area contributed by atoms with Gasteiger partial charge in [-0.15, -0.1) is 0 Å². The predicted octanol–water partition coefficient (Wildman–Crippen LogP) is 2.57. The Morgan fingerprint density at radius 3 is 2.68 bits per heavy atom. The average Bonchev–Trinajstić information content (AvgIpc) is 2.31. The standard InChI is InChI=1S/C12H12ClF3N2O/c13-11(7-19)18-5-10(6-18)17-9-3-1-2-8(4-9)12(14,15)16/h1-4,7,10-11,17H,5-6H2/t11-/m1/s1. The monoisotopic (exact) mass is 292 g/mol. The van der Waals surface area contributed by atoms with E-state index in [4.69, 9.17) is 11.6 Å². The van der Waals surface area contributed by atoms with Gasteiger partial charge in [-0.25, -0.2) is 0 Å². The van der Waals surface area contributed by atoms with Crippen molar-refractivity contribution < 1.29 is 18.0 Å². The molecular formula is C12H12ClF3N2O. The van der Waals surface area contributed by atoms with E-state index >= 15 is 0 Å². The highest BCUT2D eigenvalue weighted by Crippen LogP contribution is 2.31. The molecule has 104 valence electrons. The van der Waals surface area contributed by atoms with Gasteiger partial charge in [0, 0.05) is 18.8 Å². The van der Waals surface area contributed by atoms with E-state index in [2.05, 4.69) is 5.32 Å². The molecule has 0 unspecified atom stereocenters. The Morgan fingerprint density at radius 1 is 1.42 bits per heavy atom. The summed E-state index contributed by atoms with van der Waals surface area (Å²) < 4.78 is 37.6. The van der Waals surface area contributed by atoms with E-state index < -0.39 is 17.2 Å². The van der Waals surface area contributed by atoms with Crippen LogP contribution in [-0.4, -0.2) is 35.8 Å². The molecule has 7 heteroatoms. The van der Waals surface area contributed by atoms with Gasteiger partial charge in [0.1, 0.15) is 5.50 Å². The summed E-state index contributed by atoms with van der Waals surface area (Å²) >= 11 is 5.70. The molecule has 0 amide bonds. The van der Waals surface area contributed by atoms with Gasteiger partial charge in [-0.2, -0.15) is 13.2 Å². The molecule has 0 aromatic heterocycles. The van der Waals surface area contributed by atoms with Crippen LogP contribution in [0.25, 0.3) is 0 Å². The Hall–Kier alpha value is -1.27. The maximum atomic E-state index is 12.5. The lowest BCUT2D eigenvalue weighted by atomic mass is 10.1. The number of hydrogen-bond donors (Lipinski definition) is 1. The number of nitrogens with one attached hydrogen (secondary N) is 1. The predicted molar refractivity (Wildman–Crippen MR) is 66.1 cm³/mol. The zero-order valence-corrected chi connectivity index (χ0v) is 10.6. The molecule has 0 saturated carbocycles. The maximum Gasteiger partial charge on any atom is 0.416 e. The van der Waals surface area contributed by atoms with Crippen molar-refractivity contribution in [1.82, 2.24) is 4.90 Å². The SMILES string of the molecule is O=C[C@H](Cl)N1CC(Nc2cccc(C(F)(F)F)c2)C1. The van der Waals surface area contributed by atoms with Crippen LogP contribution in [0.3, 0.4) is 0 Å². The number of rotatable bonds is 4. The molecule has 1 atom stereocenters. The minimum Gasteiger partial charge on any atom is -0.380 e. The zero-order chi connectivity index (χ0) is 14.0. The van der Waals surface area contributed by atoms with Crippen molar-refractivity contribution in [2.24, 2.45) is 0 Å². The minimum atomic E-state index is -4.35. The van der Waals surface area contributed by atoms with Gasteiger partial charge in [0.15, 0.2) is 6.29 Å². The Balaban J connectivity index is 1.93. The van der Waals surface area contributed by atoms with Crippen molar-refractivity contribution in [2.45, 2.75) is 17.7 Å². The summed E-state index contributed by atoms with van der Waals surface area (Å²) in [7, 11) is 0. The number of aldehydes is 1. The average molecular weight is 293 g/mol. The molecule has 1 aliphatic heterocycles. The van der Waals surface area contributed by atoms with Crippen LogP contribution in [0.2, 0.25) is 0 Å². The first kappa shape index (κ1) is 14.1. The lowest BCUT2D eigenvalue weighted by Gasteiger charge is -2.41. The van der Waals surface area contributed by atoms with Crippen molar-refractivity contribution in [2.75, 3.05) is 18.4 Å². The fraction of sp³-hybridized carbons (Fsp3) is 0.417. The Labute approximate surface area is 113 Å². The van der Waals surface area contributed by atoms with E-state index in [1.54, 1.807) is 11.0 Å². The van der Waals surface area contributed by atoms with Crippen LogP contribution in [0.1, 0.15) is 5.56 Å². The molecule has 0 radical (unpaired) electrons. The van der Waals surface area contributed by atoms with E-state index in [1.807, 2.05) is 0 Å². The summed E-state index contributed by atoms with van der Waals surface area (Å²) in [5, 5.41) is 2.98. The normalized spacial score (nSPS) is 18.7. The number of carbonyl (C=O) groups is 1. The molecule has 1 saturated heterocycles. The summed E-state index contributed by atoms with van der Waals surface area (Å²) in [6.07, 6.45) is -3.72. The molecule has 1 fully saturated rings. The molecule has 0 aliphatic carbocycles. The highest BCUT2D eigenvalue weighted by molar-refractivity contribution is 6.27. The molecular weight excluding hydrogens is 281 g/mol. The van der Waals surface area contributed by atoms with Crippen LogP contribution in [0, 0.1) is 0 Å². The van der Waals surface area contributed by atoms with Crippen LogP contribution in [0.5, 0.6) is 0 Å². The largest absolute Gasteiger partial charge is 0.416 e. The molecule has 1 aromatic carbocycles. The molecule has 1 aromatic rings. The Bertz CT molecular complexity index is 461. The molecule has 1 N–H and O–H groups in total. The molecule has 1 aliphatic rings. The second-order valence-corrected chi connectivity index (χ2v) is 4.83. The summed E-state index contributed by atoms with van der Waals surface area (Å²) in [4.78, 5) is 12.2. The van der Waals surface area contributed by atoms with Crippen LogP contribution in [0.4, 0.5) is 18.9 Å². The van der Waals surface area contributed by atoms with Gasteiger partial charge in [0.2, 0.25) is 0 Å². The van der Waals surface area contributed by atoms with Gasteiger partial charge < -0.3 is 10.1 Å². The number of hydrogen-bond acceptors (Lipinski definition) is 3. The van der Waals surface area contributed by atoms with Crippen molar-refractivity contribution in [3.63, 3.8) is 0 Å². The third kappa shape index (κ3) is 3.39. The number of benzene rings is 1. The number of nitrogens with zero attached hydrogens (tertiary/aromatic N) is 1. The summed E-state index contributed by atoms with van der Waals surface area (Å²) in [6.45, 7) is 1.06. The van der Waals surface area contributed by atoms with E-state index in [1.165, 1.54) is 6.07 Å². The van der Waals surface area contributed by atoms with Gasteiger partial charge in [-0.3, -0.25) is 4.90 Å². The van der Waals surface area contributed by atoms with Crippen molar-refractivity contribution >= 4 is 23.6 Å². The first-order valence-electron chi connectivity index (χ1n) is 5.67.